The molecule has 0 atom stereocenters. The summed E-state index contributed by atoms with van der Waals surface area (Å²) in [6.45, 7) is 0. The fourth-order valence-corrected chi connectivity index (χ4v) is 1.87. The van der Waals surface area contributed by atoms with Crippen molar-refractivity contribution in [1.29, 1.82) is 0 Å². The van der Waals surface area contributed by atoms with Crippen molar-refractivity contribution < 1.29 is 29.6 Å². The van der Waals surface area contributed by atoms with Gasteiger partial charge in [0.1, 0.15) is 0 Å². The predicted octanol–water partition coefficient (Wildman–Crippen LogP) is -1.49. The van der Waals surface area contributed by atoms with Crippen LogP contribution in [-0.2, 0) is 19.7 Å². The molecule has 1 aromatic carbocycles. The minimum Gasteiger partial charge on any atom is -0.740 e. The van der Waals surface area contributed by atoms with Crippen LogP contribution in [0.15, 0.2) is 38.7 Å². The first-order valence-electron chi connectivity index (χ1n) is 4.47. The van der Waals surface area contributed by atoms with Crippen LogP contribution in [0.2, 0.25) is 0 Å². The Labute approximate surface area is 134 Å². The molecule has 0 N–H and O–H groups in total. The zero-order valence-corrected chi connectivity index (χ0v) is 13.7. The van der Waals surface area contributed by atoms with E-state index in [0.717, 1.165) is 4.47 Å². The van der Waals surface area contributed by atoms with E-state index < -0.39 is 5.56 Å². The van der Waals surface area contributed by atoms with Crippen LogP contribution in [0.4, 0.5) is 0 Å². The average molecular weight is 320 g/mol. The minimum absolute atomic E-state index is 0. The first kappa shape index (κ1) is 14.8. The van der Waals surface area contributed by atoms with Gasteiger partial charge in [-0.1, -0.05) is 34.1 Å². The zero-order chi connectivity index (χ0) is 11.7. The van der Waals surface area contributed by atoms with E-state index in [9.17, 15) is 4.79 Å². The molecule has 7 heteroatoms. The topological polar surface area (TPSA) is 47.8 Å². The van der Waals surface area contributed by atoms with Crippen LogP contribution >= 0.6 is 15.9 Å². The van der Waals surface area contributed by atoms with E-state index in [2.05, 4.69) is 26.0 Å². The van der Waals surface area contributed by atoms with Crippen molar-refractivity contribution in [2.45, 2.75) is 5.16 Å². The normalized spacial score (nSPS) is 9.76. The molecule has 0 bridgehead atoms. The molecule has 2 rings (SSSR count). The smallest absolute Gasteiger partial charge is 0.740 e. The number of benzene rings is 1. The van der Waals surface area contributed by atoms with Gasteiger partial charge in [0, 0.05) is 22.2 Å². The van der Waals surface area contributed by atoms with Gasteiger partial charge in [-0.25, -0.2) is 4.98 Å². The van der Waals surface area contributed by atoms with Crippen LogP contribution in [0.1, 0.15) is 0 Å². The van der Waals surface area contributed by atoms with Gasteiger partial charge in [-0.3, -0.25) is 9.48 Å². The SMILES string of the molecule is Cn1nc(-c2ccccc2Br)c(=O)nc1[S-].[Na+]. The van der Waals surface area contributed by atoms with E-state index in [-0.39, 0.29) is 34.7 Å². The molecular formula is C10H7BrN3NaOS. The molecule has 0 aliphatic carbocycles. The summed E-state index contributed by atoms with van der Waals surface area (Å²) in [5.41, 5.74) is 0.601. The average Bonchev–Trinajstić information content (AvgIpc) is 2.25. The second-order valence-electron chi connectivity index (χ2n) is 3.15. The Bertz CT molecular complexity index is 602. The van der Waals surface area contributed by atoms with Crippen LogP contribution in [0.25, 0.3) is 11.3 Å². The summed E-state index contributed by atoms with van der Waals surface area (Å²) in [5.74, 6) is 0. The summed E-state index contributed by atoms with van der Waals surface area (Å²) in [4.78, 5) is 15.4. The molecule has 17 heavy (non-hydrogen) atoms. The number of aryl methyl sites for hydroxylation is 1. The Kier molecular flexibility index (Phi) is 5.27. The second-order valence-corrected chi connectivity index (χ2v) is 4.37. The maximum atomic E-state index is 11.7. The van der Waals surface area contributed by atoms with Crippen molar-refractivity contribution in [3.63, 3.8) is 0 Å². The van der Waals surface area contributed by atoms with E-state index in [1.54, 1.807) is 13.1 Å². The molecule has 1 aromatic heterocycles. The van der Waals surface area contributed by atoms with Gasteiger partial charge >= 0.3 is 29.6 Å². The van der Waals surface area contributed by atoms with Crippen LogP contribution in [0.5, 0.6) is 0 Å². The molecule has 0 radical (unpaired) electrons. The Morgan fingerprint density at radius 3 is 2.65 bits per heavy atom. The molecule has 1 heterocycles. The predicted molar refractivity (Wildman–Crippen MR) is 66.0 cm³/mol. The number of hydrogen-bond donors (Lipinski definition) is 0. The standard InChI is InChI=1S/C10H8BrN3OS.Na/c1-14-10(16)12-9(15)8(13-14)6-4-2-3-5-7(6)11;/h2-5H,1H3,(H,12,15,16);/q;+1/p-1. The van der Waals surface area contributed by atoms with Gasteiger partial charge < -0.3 is 12.6 Å². The molecule has 0 unspecified atom stereocenters. The fourth-order valence-electron chi connectivity index (χ4n) is 1.27. The molecule has 82 valence electrons. The monoisotopic (exact) mass is 319 g/mol. The molecule has 0 aliphatic heterocycles. The van der Waals surface area contributed by atoms with Crippen molar-refractivity contribution in [2.24, 2.45) is 7.05 Å². The Morgan fingerprint density at radius 2 is 2.00 bits per heavy atom. The van der Waals surface area contributed by atoms with Gasteiger partial charge in [0.05, 0.1) is 0 Å². The maximum absolute atomic E-state index is 11.7. The first-order valence-corrected chi connectivity index (χ1v) is 5.67. The minimum atomic E-state index is -0.407. The molecule has 0 amide bonds. The molecule has 0 saturated carbocycles. The van der Waals surface area contributed by atoms with Crippen molar-refractivity contribution in [2.75, 3.05) is 0 Å². The first-order chi connectivity index (χ1) is 7.59. The Morgan fingerprint density at radius 1 is 1.35 bits per heavy atom. The van der Waals surface area contributed by atoms with Gasteiger partial charge in [0.2, 0.25) is 0 Å². The Balaban J connectivity index is 0.00000144. The number of hydrogen-bond acceptors (Lipinski definition) is 4. The van der Waals surface area contributed by atoms with E-state index in [1.807, 2.05) is 18.2 Å². The summed E-state index contributed by atoms with van der Waals surface area (Å²) >= 11 is 8.23. The maximum Gasteiger partial charge on any atom is 1.00 e. The van der Waals surface area contributed by atoms with Crippen LogP contribution in [-0.4, -0.2) is 14.8 Å². The third-order valence-corrected chi connectivity index (χ3v) is 3.10. The second kappa shape index (κ2) is 6.06. The summed E-state index contributed by atoms with van der Waals surface area (Å²) in [7, 11) is 1.66. The summed E-state index contributed by atoms with van der Waals surface area (Å²) < 4.78 is 2.21. The summed E-state index contributed by atoms with van der Waals surface area (Å²) in [6, 6.07) is 7.35. The summed E-state index contributed by atoms with van der Waals surface area (Å²) in [5, 5.41) is 4.29. The van der Waals surface area contributed by atoms with Crippen molar-refractivity contribution >= 4 is 28.6 Å². The number of halogens is 1. The number of aromatic nitrogens is 3. The van der Waals surface area contributed by atoms with Crippen molar-refractivity contribution in [1.82, 2.24) is 14.8 Å². The quantitative estimate of drug-likeness (QED) is 0.475. The molecule has 0 spiro atoms. The molecule has 2 aromatic rings. The van der Waals surface area contributed by atoms with Crippen LogP contribution < -0.4 is 35.1 Å². The summed E-state index contributed by atoms with van der Waals surface area (Å²) in [6.07, 6.45) is 0. The van der Waals surface area contributed by atoms with Gasteiger partial charge in [-0.05, 0) is 6.07 Å². The molecular weight excluding hydrogens is 313 g/mol. The largest absolute Gasteiger partial charge is 1.00 e. The molecule has 4 nitrogen and oxygen atoms in total. The van der Waals surface area contributed by atoms with Gasteiger partial charge in [0.25, 0.3) is 5.56 Å². The van der Waals surface area contributed by atoms with E-state index >= 15 is 0 Å². The van der Waals surface area contributed by atoms with Gasteiger partial charge in [-0.15, -0.1) is 0 Å². The number of rotatable bonds is 1. The Hall–Kier alpha value is -0.270. The van der Waals surface area contributed by atoms with E-state index in [0.29, 0.717) is 11.3 Å². The van der Waals surface area contributed by atoms with Crippen molar-refractivity contribution in [3.8, 4) is 11.3 Å². The third-order valence-electron chi connectivity index (χ3n) is 2.06. The van der Waals surface area contributed by atoms with Crippen LogP contribution in [0, 0.1) is 0 Å². The van der Waals surface area contributed by atoms with E-state index in [1.165, 1.54) is 4.68 Å². The van der Waals surface area contributed by atoms with Gasteiger partial charge in [0.15, 0.2) is 5.69 Å². The molecule has 0 aliphatic rings. The fraction of sp³-hybridized carbons (Fsp3) is 0.100. The van der Waals surface area contributed by atoms with E-state index in [4.69, 9.17) is 12.6 Å². The number of nitrogens with zero attached hydrogens (tertiary/aromatic N) is 3. The zero-order valence-electron chi connectivity index (χ0n) is 9.35. The molecule has 0 saturated heterocycles. The van der Waals surface area contributed by atoms with Crippen LogP contribution in [0.3, 0.4) is 0 Å². The molecule has 0 fully saturated rings. The van der Waals surface area contributed by atoms with Crippen molar-refractivity contribution in [3.05, 3.63) is 39.1 Å². The van der Waals surface area contributed by atoms with Gasteiger partial charge in [-0.2, -0.15) is 5.10 Å². The third kappa shape index (κ3) is 3.14.